The average molecular weight is 281 g/mol. The molecule has 0 bridgehead atoms. The Morgan fingerprint density at radius 2 is 2.05 bits per heavy atom. The average Bonchev–Trinajstić information content (AvgIpc) is 3.39. The third-order valence-corrected chi connectivity index (χ3v) is 4.82. The summed E-state index contributed by atoms with van der Waals surface area (Å²) in [6.45, 7) is 1.94. The number of aromatic nitrogens is 1. The highest BCUT2D eigenvalue weighted by Gasteiger charge is 2.37. The molecule has 2 fully saturated rings. The Labute approximate surface area is 126 Å². The number of pyridine rings is 1. The second-order valence-corrected chi connectivity index (χ2v) is 6.58. The maximum Gasteiger partial charge on any atom is 0.0702 e. The summed E-state index contributed by atoms with van der Waals surface area (Å²) in [4.78, 5) is 7.09. The summed E-state index contributed by atoms with van der Waals surface area (Å²) in [5.74, 6) is 0.918. The number of nitrogens with zero attached hydrogens (tertiary/aromatic N) is 2. The SMILES string of the molecule is NCC(c1ccc2ncccc2c1)N(CC1CC1)C1CC1. The minimum Gasteiger partial charge on any atom is -0.329 e. The van der Waals surface area contributed by atoms with Crippen molar-refractivity contribution in [3.8, 4) is 0 Å². The smallest absolute Gasteiger partial charge is 0.0702 e. The molecular formula is C18H23N3. The lowest BCUT2D eigenvalue weighted by atomic mass is 10.0. The Hall–Kier alpha value is -1.45. The third kappa shape index (κ3) is 2.81. The molecule has 0 aliphatic heterocycles. The van der Waals surface area contributed by atoms with Crippen molar-refractivity contribution in [2.75, 3.05) is 13.1 Å². The molecule has 21 heavy (non-hydrogen) atoms. The number of nitrogens with two attached hydrogens (primary N) is 1. The Morgan fingerprint density at radius 1 is 1.19 bits per heavy atom. The first-order valence-electron chi connectivity index (χ1n) is 8.15. The van der Waals surface area contributed by atoms with Crippen molar-refractivity contribution in [3.05, 3.63) is 42.1 Å². The van der Waals surface area contributed by atoms with Crippen molar-refractivity contribution in [1.82, 2.24) is 9.88 Å². The van der Waals surface area contributed by atoms with Gasteiger partial charge in [-0.25, -0.2) is 0 Å². The first-order chi connectivity index (χ1) is 10.3. The lowest BCUT2D eigenvalue weighted by Gasteiger charge is -2.31. The van der Waals surface area contributed by atoms with E-state index in [2.05, 4.69) is 34.1 Å². The van der Waals surface area contributed by atoms with E-state index in [1.165, 1.54) is 43.2 Å². The molecule has 2 N–H and O–H groups in total. The van der Waals surface area contributed by atoms with Gasteiger partial charge in [0, 0.05) is 36.8 Å². The van der Waals surface area contributed by atoms with Gasteiger partial charge in [0.25, 0.3) is 0 Å². The highest BCUT2D eigenvalue weighted by Crippen LogP contribution is 2.39. The van der Waals surface area contributed by atoms with Crippen molar-refractivity contribution in [3.63, 3.8) is 0 Å². The fraction of sp³-hybridized carbons (Fsp3) is 0.500. The molecule has 4 rings (SSSR count). The van der Waals surface area contributed by atoms with E-state index in [9.17, 15) is 0 Å². The molecule has 1 aromatic heterocycles. The van der Waals surface area contributed by atoms with Crippen LogP contribution < -0.4 is 5.73 Å². The number of fused-ring (bicyclic) bond motifs is 1. The summed E-state index contributed by atoms with van der Waals surface area (Å²) in [5.41, 5.74) is 8.57. The van der Waals surface area contributed by atoms with Crippen molar-refractivity contribution >= 4 is 10.9 Å². The second kappa shape index (κ2) is 5.39. The number of benzene rings is 1. The molecule has 3 heteroatoms. The molecule has 0 saturated heterocycles. The first kappa shape index (κ1) is 13.2. The molecule has 110 valence electrons. The molecule has 2 aromatic rings. The van der Waals surface area contributed by atoms with E-state index in [0.717, 1.165) is 17.5 Å². The van der Waals surface area contributed by atoms with Crippen molar-refractivity contribution < 1.29 is 0 Å². The van der Waals surface area contributed by atoms with Gasteiger partial charge in [-0.05, 0) is 55.4 Å². The van der Waals surface area contributed by atoms with Crippen LogP contribution >= 0.6 is 0 Å². The highest BCUT2D eigenvalue weighted by atomic mass is 15.2. The molecule has 1 atom stereocenters. The third-order valence-electron chi connectivity index (χ3n) is 4.82. The minimum absolute atomic E-state index is 0.364. The van der Waals surface area contributed by atoms with Gasteiger partial charge in [-0.15, -0.1) is 0 Å². The van der Waals surface area contributed by atoms with E-state index >= 15 is 0 Å². The molecule has 0 spiro atoms. The lowest BCUT2D eigenvalue weighted by molar-refractivity contribution is 0.183. The first-order valence-corrected chi connectivity index (χ1v) is 8.15. The van der Waals surface area contributed by atoms with Crippen LogP contribution in [0, 0.1) is 5.92 Å². The van der Waals surface area contributed by atoms with Crippen LogP contribution in [0.15, 0.2) is 36.5 Å². The number of rotatable bonds is 6. The van der Waals surface area contributed by atoms with Gasteiger partial charge in [-0.2, -0.15) is 0 Å². The van der Waals surface area contributed by atoms with Gasteiger partial charge in [0.15, 0.2) is 0 Å². The molecule has 1 heterocycles. The summed E-state index contributed by atoms with van der Waals surface area (Å²) in [6, 6.07) is 11.9. The van der Waals surface area contributed by atoms with Crippen LogP contribution in [0.5, 0.6) is 0 Å². The van der Waals surface area contributed by atoms with E-state index < -0.39 is 0 Å². The quantitative estimate of drug-likeness (QED) is 0.884. The van der Waals surface area contributed by atoms with E-state index in [0.29, 0.717) is 12.6 Å². The summed E-state index contributed by atoms with van der Waals surface area (Å²) in [7, 11) is 0. The molecule has 2 saturated carbocycles. The van der Waals surface area contributed by atoms with Crippen molar-refractivity contribution in [1.29, 1.82) is 0 Å². The monoisotopic (exact) mass is 281 g/mol. The topological polar surface area (TPSA) is 42.1 Å². The van der Waals surface area contributed by atoms with Gasteiger partial charge in [0.05, 0.1) is 5.52 Å². The fourth-order valence-electron chi connectivity index (χ4n) is 3.30. The lowest BCUT2D eigenvalue weighted by Crippen LogP contribution is -2.37. The maximum atomic E-state index is 6.15. The summed E-state index contributed by atoms with van der Waals surface area (Å²) in [5, 5.41) is 1.22. The van der Waals surface area contributed by atoms with Crippen LogP contribution in [-0.2, 0) is 0 Å². The van der Waals surface area contributed by atoms with Gasteiger partial charge in [0.2, 0.25) is 0 Å². The van der Waals surface area contributed by atoms with Gasteiger partial charge in [-0.1, -0.05) is 12.1 Å². The molecule has 1 unspecified atom stereocenters. The zero-order valence-corrected chi connectivity index (χ0v) is 12.4. The Balaban J connectivity index is 1.65. The highest BCUT2D eigenvalue weighted by molar-refractivity contribution is 5.79. The molecule has 1 aromatic carbocycles. The van der Waals surface area contributed by atoms with Crippen molar-refractivity contribution in [2.45, 2.75) is 37.8 Å². The fourth-order valence-corrected chi connectivity index (χ4v) is 3.30. The standard InChI is InChI=1S/C18H23N3/c19-11-18(21(16-6-7-16)12-13-3-4-13)15-5-8-17-14(10-15)2-1-9-20-17/h1-2,5,8-10,13,16,18H,3-4,6-7,11-12,19H2. The Morgan fingerprint density at radius 3 is 2.76 bits per heavy atom. The van der Waals surface area contributed by atoms with E-state index in [-0.39, 0.29) is 0 Å². The zero-order chi connectivity index (χ0) is 14.2. The largest absolute Gasteiger partial charge is 0.329 e. The maximum absolute atomic E-state index is 6.15. The van der Waals surface area contributed by atoms with Crippen LogP contribution in [0.4, 0.5) is 0 Å². The van der Waals surface area contributed by atoms with Gasteiger partial charge >= 0.3 is 0 Å². The second-order valence-electron chi connectivity index (χ2n) is 6.58. The van der Waals surface area contributed by atoms with E-state index in [4.69, 9.17) is 5.73 Å². The predicted octanol–water partition coefficient (Wildman–Crippen LogP) is 3.11. The van der Waals surface area contributed by atoms with Gasteiger partial charge < -0.3 is 5.73 Å². The molecule has 2 aliphatic carbocycles. The van der Waals surface area contributed by atoms with Crippen LogP contribution in [0.3, 0.4) is 0 Å². The predicted molar refractivity (Wildman–Crippen MR) is 86.0 cm³/mol. The number of hydrogen-bond acceptors (Lipinski definition) is 3. The molecule has 3 nitrogen and oxygen atoms in total. The van der Waals surface area contributed by atoms with Gasteiger partial charge in [-0.3, -0.25) is 9.88 Å². The van der Waals surface area contributed by atoms with E-state index in [1.54, 1.807) is 0 Å². The normalized spacial score (nSPS) is 20.1. The Kier molecular flexibility index (Phi) is 3.40. The van der Waals surface area contributed by atoms with Crippen molar-refractivity contribution in [2.24, 2.45) is 11.7 Å². The summed E-state index contributed by atoms with van der Waals surface area (Å²) in [6.07, 6.45) is 7.35. The van der Waals surface area contributed by atoms with Crippen LogP contribution in [0.1, 0.15) is 37.3 Å². The van der Waals surface area contributed by atoms with Crippen LogP contribution in [-0.4, -0.2) is 29.0 Å². The van der Waals surface area contributed by atoms with Crippen LogP contribution in [0.2, 0.25) is 0 Å². The molecule has 2 aliphatic rings. The molecular weight excluding hydrogens is 258 g/mol. The number of hydrogen-bond donors (Lipinski definition) is 1. The summed E-state index contributed by atoms with van der Waals surface area (Å²) >= 11 is 0. The molecule has 0 radical (unpaired) electrons. The van der Waals surface area contributed by atoms with E-state index in [1.807, 2.05) is 12.3 Å². The zero-order valence-electron chi connectivity index (χ0n) is 12.4. The molecule has 0 amide bonds. The van der Waals surface area contributed by atoms with Gasteiger partial charge in [0.1, 0.15) is 0 Å². The minimum atomic E-state index is 0.364. The Bertz CT molecular complexity index is 631. The summed E-state index contributed by atoms with van der Waals surface area (Å²) < 4.78 is 0. The van der Waals surface area contributed by atoms with Crippen LogP contribution in [0.25, 0.3) is 10.9 Å².